The summed E-state index contributed by atoms with van der Waals surface area (Å²) in [4.78, 5) is 1.63. The van der Waals surface area contributed by atoms with Gasteiger partial charge in [-0.3, -0.25) is 0 Å². The molecule has 3 rings (SSSR count). The van der Waals surface area contributed by atoms with E-state index in [0.717, 1.165) is 5.92 Å². The highest BCUT2D eigenvalue weighted by Gasteiger charge is 2.22. The van der Waals surface area contributed by atoms with Gasteiger partial charge in [0.25, 0.3) is 0 Å². The van der Waals surface area contributed by atoms with Gasteiger partial charge in [-0.15, -0.1) is 11.3 Å². The van der Waals surface area contributed by atoms with Gasteiger partial charge in [-0.25, -0.2) is 0 Å². The highest BCUT2D eigenvalue weighted by molar-refractivity contribution is 7.99. The summed E-state index contributed by atoms with van der Waals surface area (Å²) in [6, 6.07) is 2.99. The summed E-state index contributed by atoms with van der Waals surface area (Å²) in [5.74, 6) is 3.68. The van der Waals surface area contributed by atoms with Crippen LogP contribution in [0.5, 0.6) is 0 Å². The summed E-state index contributed by atoms with van der Waals surface area (Å²) in [7, 11) is 0. The zero-order valence-electron chi connectivity index (χ0n) is 10.3. The lowest BCUT2D eigenvalue weighted by molar-refractivity contribution is 0.387. The van der Waals surface area contributed by atoms with Crippen molar-refractivity contribution in [1.29, 1.82) is 0 Å². The second-order valence-corrected chi connectivity index (χ2v) is 7.43. The van der Waals surface area contributed by atoms with Gasteiger partial charge >= 0.3 is 0 Å². The minimum atomic E-state index is 0.652. The fraction of sp³-hybridized carbons (Fsp3) is 0.714. The standard InChI is InChI=1S/C14H21NS2/c1-2-13(12-6-9-17-14(12)3-1)15-10-11-4-7-16-8-5-11/h6,9,11,13,15H,1-5,7-8,10H2. The molecule has 17 heavy (non-hydrogen) atoms. The van der Waals surface area contributed by atoms with Gasteiger partial charge in [0, 0.05) is 10.9 Å². The predicted molar refractivity (Wildman–Crippen MR) is 78.0 cm³/mol. The van der Waals surface area contributed by atoms with Crippen molar-refractivity contribution in [3.05, 3.63) is 21.9 Å². The quantitative estimate of drug-likeness (QED) is 0.892. The van der Waals surface area contributed by atoms with E-state index in [4.69, 9.17) is 0 Å². The third-order valence-corrected chi connectivity index (χ3v) is 6.09. The number of nitrogens with one attached hydrogen (secondary N) is 1. The number of thiophene rings is 1. The van der Waals surface area contributed by atoms with Crippen molar-refractivity contribution in [1.82, 2.24) is 5.32 Å². The molecule has 0 spiro atoms. The Hall–Kier alpha value is 0.01000. The summed E-state index contributed by atoms with van der Waals surface area (Å²) < 4.78 is 0. The van der Waals surface area contributed by atoms with Crippen LogP contribution in [0.4, 0.5) is 0 Å². The molecule has 1 aliphatic carbocycles. The van der Waals surface area contributed by atoms with Crippen LogP contribution in [0.3, 0.4) is 0 Å². The van der Waals surface area contributed by atoms with Crippen molar-refractivity contribution in [2.24, 2.45) is 5.92 Å². The van der Waals surface area contributed by atoms with Gasteiger partial charge in [0.15, 0.2) is 0 Å². The smallest absolute Gasteiger partial charge is 0.0331 e. The van der Waals surface area contributed by atoms with Crippen molar-refractivity contribution >= 4 is 23.1 Å². The fourth-order valence-corrected chi connectivity index (χ4v) is 5.15. The van der Waals surface area contributed by atoms with E-state index >= 15 is 0 Å². The molecule has 0 aromatic carbocycles. The van der Waals surface area contributed by atoms with E-state index in [0.29, 0.717) is 6.04 Å². The summed E-state index contributed by atoms with van der Waals surface area (Å²) in [6.07, 6.45) is 6.85. The number of aryl methyl sites for hydroxylation is 1. The van der Waals surface area contributed by atoms with E-state index in [2.05, 4.69) is 28.5 Å². The van der Waals surface area contributed by atoms with Crippen LogP contribution in [-0.4, -0.2) is 18.1 Å². The Morgan fingerprint density at radius 1 is 1.24 bits per heavy atom. The molecule has 0 bridgehead atoms. The van der Waals surface area contributed by atoms with Crippen LogP contribution in [0, 0.1) is 5.92 Å². The molecule has 94 valence electrons. The van der Waals surface area contributed by atoms with Gasteiger partial charge < -0.3 is 5.32 Å². The van der Waals surface area contributed by atoms with Gasteiger partial charge in [0.2, 0.25) is 0 Å². The van der Waals surface area contributed by atoms with E-state index in [9.17, 15) is 0 Å². The molecule has 1 aromatic rings. The lowest BCUT2D eigenvalue weighted by Gasteiger charge is -2.28. The molecule has 1 saturated heterocycles. The van der Waals surface area contributed by atoms with E-state index in [1.807, 2.05) is 11.3 Å². The van der Waals surface area contributed by atoms with Crippen LogP contribution in [0.25, 0.3) is 0 Å². The minimum absolute atomic E-state index is 0.652. The third-order valence-electron chi connectivity index (χ3n) is 4.05. The van der Waals surface area contributed by atoms with Crippen molar-refractivity contribution < 1.29 is 0 Å². The van der Waals surface area contributed by atoms with Crippen LogP contribution in [0.1, 0.15) is 42.2 Å². The first kappa shape index (κ1) is 12.1. The molecule has 2 heterocycles. The highest BCUT2D eigenvalue weighted by atomic mass is 32.2. The lowest BCUT2D eigenvalue weighted by Crippen LogP contribution is -2.30. The molecule has 3 heteroatoms. The Morgan fingerprint density at radius 2 is 2.12 bits per heavy atom. The molecule has 0 radical (unpaired) electrons. The summed E-state index contributed by atoms with van der Waals surface area (Å²) in [5.41, 5.74) is 1.60. The van der Waals surface area contributed by atoms with E-state index in [1.54, 1.807) is 10.4 Å². The third kappa shape index (κ3) is 2.88. The minimum Gasteiger partial charge on any atom is -0.310 e. The number of hydrogen-bond acceptors (Lipinski definition) is 3. The average molecular weight is 267 g/mol. The Labute approximate surface area is 112 Å². The zero-order valence-corrected chi connectivity index (χ0v) is 11.9. The monoisotopic (exact) mass is 267 g/mol. The molecule has 1 nitrogen and oxygen atoms in total. The first-order valence-electron chi connectivity index (χ1n) is 6.81. The van der Waals surface area contributed by atoms with Crippen LogP contribution in [-0.2, 0) is 6.42 Å². The molecule has 1 fully saturated rings. The Morgan fingerprint density at radius 3 is 3.00 bits per heavy atom. The Bertz CT molecular complexity index is 355. The molecule has 1 aromatic heterocycles. The van der Waals surface area contributed by atoms with Gasteiger partial charge in [-0.05, 0) is 73.1 Å². The summed E-state index contributed by atoms with van der Waals surface area (Å²) in [6.45, 7) is 1.24. The zero-order chi connectivity index (χ0) is 11.5. The number of fused-ring (bicyclic) bond motifs is 1. The molecular formula is C14H21NS2. The van der Waals surface area contributed by atoms with Crippen LogP contribution < -0.4 is 5.32 Å². The van der Waals surface area contributed by atoms with E-state index in [1.165, 1.54) is 50.2 Å². The first-order valence-corrected chi connectivity index (χ1v) is 8.84. The largest absolute Gasteiger partial charge is 0.310 e. The second-order valence-electron chi connectivity index (χ2n) is 5.21. The fourth-order valence-electron chi connectivity index (χ4n) is 2.96. The molecule has 2 aliphatic rings. The van der Waals surface area contributed by atoms with Crippen LogP contribution in [0.15, 0.2) is 11.4 Å². The van der Waals surface area contributed by atoms with Gasteiger partial charge in [0.1, 0.15) is 0 Å². The normalized spacial score (nSPS) is 25.8. The number of thioether (sulfide) groups is 1. The Kier molecular flexibility index (Phi) is 4.09. The first-order chi connectivity index (χ1) is 8.43. The van der Waals surface area contributed by atoms with Crippen molar-refractivity contribution in [2.45, 2.75) is 38.1 Å². The van der Waals surface area contributed by atoms with Gasteiger partial charge in [0.05, 0.1) is 0 Å². The molecule has 1 unspecified atom stereocenters. The number of hydrogen-bond donors (Lipinski definition) is 1. The maximum Gasteiger partial charge on any atom is 0.0331 e. The van der Waals surface area contributed by atoms with Crippen LogP contribution >= 0.6 is 23.1 Å². The van der Waals surface area contributed by atoms with Crippen LogP contribution in [0.2, 0.25) is 0 Å². The van der Waals surface area contributed by atoms with Gasteiger partial charge in [-0.1, -0.05) is 0 Å². The van der Waals surface area contributed by atoms with E-state index < -0.39 is 0 Å². The van der Waals surface area contributed by atoms with Crippen molar-refractivity contribution in [2.75, 3.05) is 18.1 Å². The maximum atomic E-state index is 3.83. The highest BCUT2D eigenvalue weighted by Crippen LogP contribution is 2.33. The molecule has 0 saturated carbocycles. The van der Waals surface area contributed by atoms with Crippen molar-refractivity contribution in [3.63, 3.8) is 0 Å². The molecule has 0 amide bonds. The van der Waals surface area contributed by atoms with Gasteiger partial charge in [-0.2, -0.15) is 11.8 Å². The SMILES string of the molecule is c1cc2c(s1)CCCC2NCC1CCSCC1. The van der Waals surface area contributed by atoms with E-state index in [-0.39, 0.29) is 0 Å². The second kappa shape index (κ2) is 5.77. The average Bonchev–Trinajstić information content (AvgIpc) is 2.86. The number of rotatable bonds is 3. The lowest BCUT2D eigenvalue weighted by atomic mass is 9.93. The summed E-state index contributed by atoms with van der Waals surface area (Å²) >= 11 is 4.07. The van der Waals surface area contributed by atoms with Crippen molar-refractivity contribution in [3.8, 4) is 0 Å². The summed E-state index contributed by atoms with van der Waals surface area (Å²) in [5, 5.41) is 6.10. The molecule has 1 N–H and O–H groups in total. The topological polar surface area (TPSA) is 12.0 Å². The molecule has 1 atom stereocenters. The molecular weight excluding hydrogens is 246 g/mol. The predicted octanol–water partition coefficient (Wildman–Crippen LogP) is 3.86. The Balaban J connectivity index is 1.56. The molecule has 1 aliphatic heterocycles. The maximum absolute atomic E-state index is 3.83.